The average Bonchev–Trinajstić information content (AvgIpc) is 0.889. The van der Waals surface area contributed by atoms with Gasteiger partial charge in [0, 0.05) is 24.9 Å². The normalized spacial score (nSPS) is 12.0. The van der Waals surface area contributed by atoms with Gasteiger partial charge in [-0.3, -0.25) is 43.2 Å². The minimum atomic E-state index is -0.470. The molecule has 21 heteroatoms. The molecule has 2 atom stereocenters. The van der Waals surface area contributed by atoms with Gasteiger partial charge in [-0.15, -0.1) is 0 Å². The summed E-state index contributed by atoms with van der Waals surface area (Å²) in [5, 5.41) is 0. The first-order valence-corrected chi connectivity index (χ1v) is 38.0. The van der Waals surface area contributed by atoms with Crippen LogP contribution in [0.25, 0.3) is 0 Å². The summed E-state index contributed by atoms with van der Waals surface area (Å²) in [7, 11) is 1.63. The quantitative estimate of drug-likeness (QED) is 0.0346. The molecule has 2 N–H and O–H groups in total. The van der Waals surface area contributed by atoms with E-state index in [0.717, 1.165) is 70.6 Å². The van der Waals surface area contributed by atoms with Gasteiger partial charge in [0.25, 0.3) is 0 Å². The van der Waals surface area contributed by atoms with E-state index in [-0.39, 0.29) is 104 Å². The van der Waals surface area contributed by atoms with Crippen molar-refractivity contribution in [3.8, 4) is 0 Å². The summed E-state index contributed by atoms with van der Waals surface area (Å²) in [6, 6.07) is -0.432. The first kappa shape index (κ1) is 114. The molecular weight excluding hydrogens is 1320 g/mol. The maximum Gasteiger partial charge on any atom is 0.311 e. The molecule has 0 saturated carbocycles. The zero-order chi connectivity index (χ0) is 82.5. The van der Waals surface area contributed by atoms with Crippen LogP contribution in [0.3, 0.4) is 0 Å². The molecule has 0 rings (SSSR count). The van der Waals surface area contributed by atoms with Crippen LogP contribution in [0.15, 0.2) is 0 Å². The van der Waals surface area contributed by atoms with E-state index in [1.54, 1.807) is 34.8 Å². The van der Waals surface area contributed by atoms with Gasteiger partial charge in [0.15, 0.2) is 0 Å². The lowest BCUT2D eigenvalue weighted by molar-refractivity contribution is -0.155. The first-order valence-electron chi connectivity index (χ1n) is 38.0. The Morgan fingerprint density at radius 3 is 0.806 bits per heavy atom. The molecule has 0 aliphatic rings. The van der Waals surface area contributed by atoms with Gasteiger partial charge >= 0.3 is 41.8 Å². The highest BCUT2D eigenvalue weighted by Gasteiger charge is 2.29. The Bertz CT molecular complexity index is 2150. The summed E-state index contributed by atoms with van der Waals surface area (Å²) in [5.41, 5.74) is 2.55. The van der Waals surface area contributed by atoms with E-state index < -0.39 is 16.9 Å². The van der Waals surface area contributed by atoms with Gasteiger partial charge in [-0.25, -0.2) is 0 Å². The molecule has 0 unspecified atom stereocenters. The van der Waals surface area contributed by atoms with Crippen molar-refractivity contribution in [2.75, 3.05) is 86.4 Å². The highest BCUT2D eigenvalue weighted by molar-refractivity contribution is 5.86. The Labute approximate surface area is 629 Å². The van der Waals surface area contributed by atoms with E-state index in [1.165, 1.54) is 19.8 Å². The number of unbranched alkanes of at least 4 members (excludes halogenated alkanes) is 8. The number of hydrogen-bond donors (Lipinski definition) is 1. The number of carbonyl (C=O) groups excluding carboxylic acids is 10. The van der Waals surface area contributed by atoms with Crippen LogP contribution in [-0.2, 0) is 95.3 Å². The topological polar surface area (TPSA) is 289 Å². The maximum atomic E-state index is 11.7. The number of esters is 7. The highest BCUT2D eigenvalue weighted by atomic mass is 16.6. The molecule has 0 radical (unpaired) electrons. The van der Waals surface area contributed by atoms with Crippen LogP contribution in [-0.4, -0.2) is 152 Å². The van der Waals surface area contributed by atoms with Crippen molar-refractivity contribution < 1.29 is 95.3 Å². The lowest BCUT2D eigenvalue weighted by Crippen LogP contribution is -2.29. The van der Waals surface area contributed by atoms with E-state index in [9.17, 15) is 47.9 Å². The van der Waals surface area contributed by atoms with Crippen LogP contribution in [0.5, 0.6) is 0 Å². The molecule has 0 saturated heterocycles. The molecule has 103 heavy (non-hydrogen) atoms. The Morgan fingerprint density at radius 1 is 0.291 bits per heavy atom. The minimum Gasteiger partial charge on any atom is -0.465 e. The van der Waals surface area contributed by atoms with Gasteiger partial charge in [0.2, 0.25) is 0 Å². The van der Waals surface area contributed by atoms with Gasteiger partial charge in [-0.1, -0.05) is 114 Å². The van der Waals surface area contributed by atoms with E-state index in [4.69, 9.17) is 53.1 Å². The third-order valence-electron chi connectivity index (χ3n) is 13.4. The molecule has 614 valence electrons. The molecule has 0 spiro atoms. The molecule has 0 aromatic carbocycles. The van der Waals surface area contributed by atoms with Crippen LogP contribution >= 0.6 is 0 Å². The highest BCUT2D eigenvalue weighted by Crippen LogP contribution is 2.24. The monoisotopic (exact) mass is 1480 g/mol. The standard InChI is InChI=1S/C12H24O5.C11H21NO3.C11H20O2.C11H22O2.2C10H20O2.C9H18O2.C8H16O2/c1-12(2,3)11(13)17-10-9-16-8-7-15-6-5-14-4;1-8(13)9(12)6-5-7-15-10(14)11(2,3)4;1-8(6-7-9(2)12)10(13)11(3,4)5;1-5-6-7-8-9-13-10(12)11(2,3)4;2*1-5-6-7-8-12-9(11)10(2,3)4;1-5-6-7-11-8(10)9(2,3)4;1-5-6-10-7(9)8(2,3)4/h5-10H2,1-4H3;9H,5-7,12H2,1-4H3;8H,6-7H2,1-5H3;5-9H2,1-4H3;2*5-8H2,1-4H3;5-7H2,1-4H3;5-6H2,1-4H3/t;9-;8-;;;;;/m.01...../s1. The fraction of sp³-hybridized carbons (Fsp3) is 0.878. The molecule has 0 aromatic heterocycles. The van der Waals surface area contributed by atoms with E-state index in [2.05, 4.69) is 27.7 Å². The van der Waals surface area contributed by atoms with E-state index >= 15 is 0 Å². The fourth-order valence-electron chi connectivity index (χ4n) is 6.37. The second-order valence-electron chi connectivity index (χ2n) is 33.9. The lowest BCUT2D eigenvalue weighted by atomic mass is 9.82. The zero-order valence-corrected chi connectivity index (χ0v) is 72.4. The summed E-state index contributed by atoms with van der Waals surface area (Å²) in [6.45, 7) is 66.0. The average molecular weight is 1480 g/mol. The Balaban J connectivity index is -0.000000168. The molecule has 0 bridgehead atoms. The van der Waals surface area contributed by atoms with Gasteiger partial charge in [0.1, 0.15) is 24.0 Å². The van der Waals surface area contributed by atoms with E-state index in [1.807, 2.05) is 159 Å². The molecule has 0 aliphatic carbocycles. The van der Waals surface area contributed by atoms with Crippen LogP contribution in [0, 0.1) is 49.2 Å². The zero-order valence-electron chi connectivity index (χ0n) is 72.4. The number of ether oxygens (including phenoxy) is 10. The number of Topliss-reactive ketones (excluding diaryl/α,β-unsaturated/α-hetero) is 3. The van der Waals surface area contributed by atoms with Crippen LogP contribution in [0.4, 0.5) is 0 Å². The molecule has 0 heterocycles. The van der Waals surface area contributed by atoms with Crippen molar-refractivity contribution in [1.82, 2.24) is 0 Å². The number of rotatable bonds is 36. The SMILES string of the molecule is CC(=O)CC[C@@H](C)C(=O)C(C)(C)C.CC(=O)[C@@H](N)CCCOC(=O)C(C)(C)C.CCCCCCOC(=O)C(C)(C)C.CCCCCOC(=O)C(C)(C)C.CCCCCOC(=O)C(C)(C)C.CCCCOC(=O)C(C)(C)C.CCCOC(=O)C(C)(C)C.COCCOCCOCCOC(=O)C(C)(C)C. The van der Waals surface area contributed by atoms with Crippen molar-refractivity contribution in [3.63, 3.8) is 0 Å². The summed E-state index contributed by atoms with van der Waals surface area (Å²) in [5.74, 6) is -0.568. The Morgan fingerprint density at radius 2 is 0.544 bits per heavy atom. The number of methoxy groups -OCH3 is 1. The van der Waals surface area contributed by atoms with Crippen molar-refractivity contribution in [2.24, 2.45) is 55.0 Å². The summed E-state index contributed by atoms with van der Waals surface area (Å²) in [6.07, 6.45) is 16.5. The summed E-state index contributed by atoms with van der Waals surface area (Å²) < 4.78 is 50.5. The van der Waals surface area contributed by atoms with Crippen molar-refractivity contribution in [1.29, 1.82) is 0 Å². The Kier molecular flexibility index (Phi) is 71.2. The summed E-state index contributed by atoms with van der Waals surface area (Å²) >= 11 is 0. The summed E-state index contributed by atoms with van der Waals surface area (Å²) in [4.78, 5) is 112. The lowest BCUT2D eigenvalue weighted by Gasteiger charge is -2.21. The van der Waals surface area contributed by atoms with Crippen LogP contribution in [0.2, 0.25) is 0 Å². The third kappa shape index (κ3) is 84.3. The molecule has 0 amide bonds. The number of carbonyl (C=O) groups is 10. The Hall–Kier alpha value is -4.86. The molecule has 0 aromatic rings. The van der Waals surface area contributed by atoms with Crippen LogP contribution in [0.1, 0.15) is 331 Å². The van der Waals surface area contributed by atoms with Crippen molar-refractivity contribution in [3.05, 3.63) is 0 Å². The molecule has 21 nitrogen and oxygen atoms in total. The largest absolute Gasteiger partial charge is 0.465 e. The van der Waals surface area contributed by atoms with Crippen molar-refractivity contribution >= 4 is 59.1 Å². The van der Waals surface area contributed by atoms with Gasteiger partial charge in [-0.2, -0.15) is 0 Å². The predicted molar refractivity (Wildman–Crippen MR) is 416 cm³/mol. The number of ketones is 3. The molecule has 0 aliphatic heterocycles. The minimum absolute atomic E-state index is 0.00361. The van der Waals surface area contributed by atoms with Gasteiger partial charge < -0.3 is 57.9 Å². The second-order valence-corrected chi connectivity index (χ2v) is 33.9. The smallest absolute Gasteiger partial charge is 0.311 e. The van der Waals surface area contributed by atoms with Gasteiger partial charge in [0.05, 0.1) is 117 Å². The van der Waals surface area contributed by atoms with Crippen LogP contribution < -0.4 is 5.73 Å². The number of nitrogens with two attached hydrogens (primary N) is 1. The van der Waals surface area contributed by atoms with Gasteiger partial charge in [-0.05, 0) is 211 Å². The molecular formula is C82H161NO20. The first-order chi connectivity index (χ1) is 46.9. The fourth-order valence-corrected chi connectivity index (χ4v) is 6.37. The second kappa shape index (κ2) is 64.3. The van der Waals surface area contributed by atoms with Crippen molar-refractivity contribution in [2.45, 2.75) is 337 Å². The predicted octanol–water partition coefficient (Wildman–Crippen LogP) is 18.2. The number of hydrogen-bond acceptors (Lipinski definition) is 21. The third-order valence-corrected chi connectivity index (χ3v) is 13.4. The van der Waals surface area contributed by atoms with E-state index in [0.29, 0.717) is 98.4 Å². The maximum absolute atomic E-state index is 11.7. The molecule has 0 fully saturated rings.